The zero-order valence-corrected chi connectivity index (χ0v) is 14.8. The average Bonchev–Trinajstić information content (AvgIpc) is 2.54. The molecule has 23 heavy (non-hydrogen) atoms. The Bertz CT molecular complexity index is 715. The molecule has 0 saturated heterocycles. The van der Waals surface area contributed by atoms with Crippen molar-refractivity contribution in [3.8, 4) is 0 Å². The first kappa shape index (κ1) is 17.8. The summed E-state index contributed by atoms with van der Waals surface area (Å²) in [5.74, 6) is -0.279. The van der Waals surface area contributed by atoms with Gasteiger partial charge in [-0.1, -0.05) is 41.0 Å². The molecule has 0 saturated carbocycles. The van der Waals surface area contributed by atoms with Gasteiger partial charge in [-0.2, -0.15) is 0 Å². The van der Waals surface area contributed by atoms with Crippen LogP contribution in [0, 0.1) is 0 Å². The summed E-state index contributed by atoms with van der Waals surface area (Å²) >= 11 is 13.3. The van der Waals surface area contributed by atoms with Gasteiger partial charge in [-0.05, 0) is 30.9 Å². The first-order valence-electron chi connectivity index (χ1n) is 6.68. The highest BCUT2D eigenvalue weighted by atomic mass is 35.5. The number of halogens is 2. The molecule has 122 valence electrons. The van der Waals surface area contributed by atoms with E-state index in [2.05, 4.69) is 20.5 Å². The van der Waals surface area contributed by atoms with Gasteiger partial charge in [0.05, 0.1) is 6.61 Å². The van der Waals surface area contributed by atoms with Gasteiger partial charge in [-0.3, -0.25) is 0 Å². The summed E-state index contributed by atoms with van der Waals surface area (Å²) in [4.78, 5) is 16.2. The Morgan fingerprint density at radius 3 is 2.78 bits per heavy atom. The molecule has 1 aromatic carbocycles. The fourth-order valence-electron chi connectivity index (χ4n) is 1.70. The van der Waals surface area contributed by atoms with Crippen LogP contribution in [0.15, 0.2) is 23.4 Å². The van der Waals surface area contributed by atoms with Crippen molar-refractivity contribution < 1.29 is 9.53 Å². The summed E-state index contributed by atoms with van der Waals surface area (Å²) < 4.78 is 4.96. The van der Waals surface area contributed by atoms with Crippen LogP contribution in [-0.4, -0.2) is 34.0 Å². The molecule has 0 spiro atoms. The third kappa shape index (κ3) is 4.70. The van der Waals surface area contributed by atoms with Gasteiger partial charge in [-0.15, -0.1) is 10.2 Å². The third-order valence-corrected chi connectivity index (χ3v) is 3.91. The van der Waals surface area contributed by atoms with E-state index in [1.165, 1.54) is 11.8 Å². The van der Waals surface area contributed by atoms with Crippen molar-refractivity contribution in [1.29, 1.82) is 0 Å². The molecule has 0 amide bonds. The minimum atomic E-state index is -0.579. The number of anilines is 1. The second-order valence-electron chi connectivity index (χ2n) is 4.31. The topological polar surface area (TPSA) is 77.0 Å². The normalized spacial score (nSPS) is 10.4. The van der Waals surface area contributed by atoms with E-state index in [9.17, 15) is 4.79 Å². The van der Waals surface area contributed by atoms with Crippen LogP contribution in [0.3, 0.4) is 0 Å². The summed E-state index contributed by atoms with van der Waals surface area (Å²) in [6.07, 6.45) is 1.82. The van der Waals surface area contributed by atoms with Crippen molar-refractivity contribution in [2.45, 2.75) is 18.6 Å². The number of benzene rings is 1. The van der Waals surface area contributed by atoms with Gasteiger partial charge >= 0.3 is 5.97 Å². The zero-order valence-electron chi connectivity index (χ0n) is 12.5. The van der Waals surface area contributed by atoms with Crippen LogP contribution < -0.4 is 5.32 Å². The number of rotatable bonds is 6. The van der Waals surface area contributed by atoms with E-state index in [0.29, 0.717) is 27.6 Å². The molecule has 2 rings (SSSR count). The highest BCUT2D eigenvalue weighted by Crippen LogP contribution is 2.22. The Morgan fingerprint density at radius 1 is 1.35 bits per heavy atom. The maximum Gasteiger partial charge on any atom is 0.362 e. The van der Waals surface area contributed by atoms with Gasteiger partial charge in [0.1, 0.15) is 0 Å². The van der Waals surface area contributed by atoms with Crippen LogP contribution in [-0.2, 0) is 11.3 Å². The van der Waals surface area contributed by atoms with Gasteiger partial charge in [0, 0.05) is 16.6 Å². The molecule has 9 heteroatoms. The molecule has 2 aromatic rings. The lowest BCUT2D eigenvalue weighted by molar-refractivity contribution is 0.0518. The smallest absolute Gasteiger partial charge is 0.362 e. The number of thioether (sulfide) groups is 1. The van der Waals surface area contributed by atoms with Gasteiger partial charge in [0.15, 0.2) is 5.82 Å². The van der Waals surface area contributed by atoms with E-state index in [4.69, 9.17) is 27.9 Å². The molecule has 0 unspecified atom stereocenters. The maximum absolute atomic E-state index is 11.9. The SMILES string of the molecule is CCOC(=O)c1nnc(SC)nc1NCc1ccc(Cl)cc1Cl. The van der Waals surface area contributed by atoms with Crippen LogP contribution in [0.1, 0.15) is 23.0 Å². The first-order valence-corrected chi connectivity index (χ1v) is 8.66. The predicted octanol–water partition coefficient (Wildman–Crippen LogP) is 3.69. The monoisotopic (exact) mass is 372 g/mol. The number of hydrogen-bond donors (Lipinski definition) is 1. The molecule has 0 fully saturated rings. The Morgan fingerprint density at radius 2 is 2.13 bits per heavy atom. The van der Waals surface area contributed by atoms with Crippen LogP contribution in [0.2, 0.25) is 10.0 Å². The molecule has 0 bridgehead atoms. The van der Waals surface area contributed by atoms with E-state index in [1.54, 1.807) is 25.1 Å². The van der Waals surface area contributed by atoms with Crippen molar-refractivity contribution in [3.63, 3.8) is 0 Å². The summed E-state index contributed by atoms with van der Waals surface area (Å²) in [5, 5.41) is 12.3. The molecule has 0 aliphatic rings. The minimum absolute atomic E-state index is 0.0368. The summed E-state index contributed by atoms with van der Waals surface area (Å²) in [7, 11) is 0. The molecule has 1 aromatic heterocycles. The van der Waals surface area contributed by atoms with Gasteiger partial charge in [-0.25, -0.2) is 9.78 Å². The summed E-state index contributed by atoms with van der Waals surface area (Å²) in [6, 6.07) is 5.19. The number of nitrogens with zero attached hydrogens (tertiary/aromatic N) is 3. The number of carbonyl (C=O) groups excluding carboxylic acids is 1. The summed E-state index contributed by atoms with van der Waals surface area (Å²) in [5.41, 5.74) is 0.852. The predicted molar refractivity (Wildman–Crippen MR) is 91.4 cm³/mol. The fraction of sp³-hybridized carbons (Fsp3) is 0.286. The lowest BCUT2D eigenvalue weighted by Crippen LogP contribution is -2.15. The number of hydrogen-bond acceptors (Lipinski definition) is 7. The van der Waals surface area contributed by atoms with E-state index in [-0.39, 0.29) is 12.3 Å². The number of ether oxygens (including phenoxy) is 1. The molecule has 0 aliphatic carbocycles. The molecular formula is C14H14Cl2N4O2S. The second-order valence-corrected chi connectivity index (χ2v) is 5.92. The lowest BCUT2D eigenvalue weighted by atomic mass is 10.2. The maximum atomic E-state index is 11.9. The van der Waals surface area contributed by atoms with E-state index in [1.807, 2.05) is 6.26 Å². The van der Waals surface area contributed by atoms with Crippen molar-refractivity contribution in [3.05, 3.63) is 39.5 Å². The molecule has 1 N–H and O–H groups in total. The van der Waals surface area contributed by atoms with Gasteiger partial charge in [0.2, 0.25) is 10.9 Å². The Balaban J connectivity index is 2.24. The molecule has 0 aliphatic heterocycles. The van der Waals surface area contributed by atoms with Crippen molar-refractivity contribution in [1.82, 2.24) is 15.2 Å². The van der Waals surface area contributed by atoms with Crippen LogP contribution in [0.25, 0.3) is 0 Å². The lowest BCUT2D eigenvalue weighted by Gasteiger charge is -2.11. The van der Waals surface area contributed by atoms with E-state index < -0.39 is 5.97 Å². The zero-order chi connectivity index (χ0) is 16.8. The fourth-order valence-corrected chi connectivity index (χ4v) is 2.48. The van der Waals surface area contributed by atoms with Crippen molar-refractivity contribution in [2.75, 3.05) is 18.2 Å². The number of esters is 1. The Kier molecular flexibility index (Phi) is 6.44. The van der Waals surface area contributed by atoms with Crippen LogP contribution in [0.4, 0.5) is 5.82 Å². The van der Waals surface area contributed by atoms with Gasteiger partial charge in [0.25, 0.3) is 0 Å². The standard InChI is InChI=1S/C14H14Cl2N4O2S/c1-3-22-13(21)11-12(18-14(23-2)20-19-11)17-7-8-4-5-9(15)6-10(8)16/h4-6H,3,7H2,1-2H3,(H,17,18,20). The molecule has 0 radical (unpaired) electrons. The van der Waals surface area contributed by atoms with E-state index in [0.717, 1.165) is 5.56 Å². The molecule has 6 nitrogen and oxygen atoms in total. The van der Waals surface area contributed by atoms with Crippen LogP contribution in [0.5, 0.6) is 0 Å². The largest absolute Gasteiger partial charge is 0.461 e. The highest BCUT2D eigenvalue weighted by molar-refractivity contribution is 7.98. The number of nitrogens with one attached hydrogen (secondary N) is 1. The Hall–Kier alpha value is -1.57. The first-order chi connectivity index (χ1) is 11.0. The molecule has 1 heterocycles. The third-order valence-electron chi connectivity index (χ3n) is 2.78. The van der Waals surface area contributed by atoms with Crippen molar-refractivity contribution >= 4 is 46.8 Å². The number of aromatic nitrogens is 3. The second kappa shape index (κ2) is 8.33. The number of carbonyl (C=O) groups is 1. The molecule has 0 atom stereocenters. The average molecular weight is 373 g/mol. The van der Waals surface area contributed by atoms with Gasteiger partial charge < -0.3 is 10.1 Å². The quantitative estimate of drug-likeness (QED) is 0.611. The highest BCUT2D eigenvalue weighted by Gasteiger charge is 2.18. The van der Waals surface area contributed by atoms with E-state index >= 15 is 0 Å². The summed E-state index contributed by atoms with van der Waals surface area (Å²) in [6.45, 7) is 2.32. The Labute approximate surface area is 147 Å². The minimum Gasteiger partial charge on any atom is -0.461 e. The molecular weight excluding hydrogens is 359 g/mol. The van der Waals surface area contributed by atoms with Crippen LogP contribution >= 0.6 is 35.0 Å². The van der Waals surface area contributed by atoms with Crippen molar-refractivity contribution in [2.24, 2.45) is 0 Å².